The number of allylic oxidation sites excluding steroid dienone is 8. The fourth-order valence-electron chi connectivity index (χ4n) is 6.58. The Kier molecular flexibility index (Phi) is 4.39. The Hall–Kier alpha value is -3.50. The van der Waals surface area contributed by atoms with E-state index in [9.17, 15) is 0 Å². The van der Waals surface area contributed by atoms with E-state index < -0.39 is 23.7 Å². The van der Waals surface area contributed by atoms with Gasteiger partial charge in [0.2, 0.25) is 0 Å². The summed E-state index contributed by atoms with van der Waals surface area (Å²) in [6.45, 7) is 8.48. The van der Waals surface area contributed by atoms with Crippen LogP contribution in [-0.4, -0.2) is 18.3 Å². The molecule has 1 fully saturated rings. The molecule has 3 heteroatoms. The summed E-state index contributed by atoms with van der Waals surface area (Å²) in [6.07, 6.45) is 9.81. The summed E-state index contributed by atoms with van der Waals surface area (Å²) in [4.78, 5) is 0. The van der Waals surface area contributed by atoms with E-state index in [0.717, 1.165) is 5.46 Å². The summed E-state index contributed by atoms with van der Waals surface area (Å²) in [5.74, 6) is 13.3. The van der Waals surface area contributed by atoms with E-state index in [2.05, 4.69) is 106 Å². The topological polar surface area (TPSA) is 18.5 Å². The molecule has 2 aromatic rings. The highest BCUT2D eigenvalue weighted by Gasteiger charge is 2.58. The van der Waals surface area contributed by atoms with E-state index in [1.165, 1.54) is 44.5 Å². The van der Waals surface area contributed by atoms with Gasteiger partial charge in [-0.05, 0) is 102 Å². The van der Waals surface area contributed by atoms with Gasteiger partial charge in [-0.25, -0.2) is 0 Å². The van der Waals surface area contributed by atoms with Crippen LogP contribution in [0.3, 0.4) is 0 Å². The molecule has 0 saturated carbocycles. The lowest BCUT2D eigenvalue weighted by Gasteiger charge is -2.35. The average molecular weight is 466 g/mol. The van der Waals surface area contributed by atoms with Crippen molar-refractivity contribution in [1.29, 1.82) is 0 Å². The first-order valence-corrected chi connectivity index (χ1v) is 12.7. The van der Waals surface area contributed by atoms with Crippen LogP contribution in [-0.2, 0) is 14.7 Å². The lowest BCUT2D eigenvalue weighted by Crippen LogP contribution is -2.42. The SMILES string of the molecule is CC1(C)OB(c2cccc3c2C2(C4=C(C=CC#CC4)C4=C2CC#CC=C4)c2ccccc2-3)OC1(C)C. The molecule has 36 heavy (non-hydrogen) atoms. The van der Waals surface area contributed by atoms with Gasteiger partial charge in [0.1, 0.15) is 0 Å². The third-order valence-electron chi connectivity index (χ3n) is 8.85. The molecule has 2 aromatic carbocycles. The highest BCUT2D eigenvalue weighted by atomic mass is 16.7. The van der Waals surface area contributed by atoms with Crippen LogP contribution in [0.1, 0.15) is 51.7 Å². The van der Waals surface area contributed by atoms with Gasteiger partial charge < -0.3 is 9.31 Å². The molecule has 0 N–H and O–H groups in total. The van der Waals surface area contributed by atoms with Crippen molar-refractivity contribution < 1.29 is 9.31 Å². The van der Waals surface area contributed by atoms with Crippen molar-refractivity contribution in [2.75, 3.05) is 0 Å². The molecule has 0 unspecified atom stereocenters. The van der Waals surface area contributed by atoms with Gasteiger partial charge in [-0.3, -0.25) is 0 Å². The standard InChI is InChI=1S/C33H27BO2/c1-31(2)32(3,4)36-34(35-31)29-21-13-17-25-24-16-11-12-20-28(24)33(30(25)29)26-18-9-5-7-14-22(26)23-15-8-6-10-19-27(23)33/h7-8,11-17,20-21H,18-19H2,1-4H3. The van der Waals surface area contributed by atoms with Crippen LogP contribution in [0.5, 0.6) is 0 Å². The molecule has 0 aromatic heterocycles. The Bertz CT molecular complexity index is 1530. The molecule has 1 spiro atoms. The summed E-state index contributed by atoms with van der Waals surface area (Å²) in [5.41, 5.74) is 10.1. The van der Waals surface area contributed by atoms with Crippen LogP contribution >= 0.6 is 0 Å². The van der Waals surface area contributed by atoms with Crippen molar-refractivity contribution in [3.8, 4) is 34.8 Å². The second-order valence-electron chi connectivity index (χ2n) is 11.1. The minimum atomic E-state index is -0.454. The predicted molar refractivity (Wildman–Crippen MR) is 145 cm³/mol. The van der Waals surface area contributed by atoms with E-state index in [0.29, 0.717) is 12.8 Å². The zero-order chi connectivity index (χ0) is 24.7. The number of fused-ring (bicyclic) bond motifs is 8. The van der Waals surface area contributed by atoms with Gasteiger partial charge in [-0.1, -0.05) is 66.1 Å². The summed E-state index contributed by atoms with van der Waals surface area (Å²) < 4.78 is 13.3. The molecule has 0 radical (unpaired) electrons. The van der Waals surface area contributed by atoms with Gasteiger partial charge >= 0.3 is 7.12 Å². The molecular weight excluding hydrogens is 439 g/mol. The van der Waals surface area contributed by atoms with Crippen LogP contribution in [0.2, 0.25) is 0 Å². The largest absolute Gasteiger partial charge is 0.495 e. The second-order valence-corrected chi connectivity index (χ2v) is 11.1. The normalized spacial score (nSPS) is 22.7. The maximum absolute atomic E-state index is 6.66. The summed E-state index contributed by atoms with van der Waals surface area (Å²) in [7, 11) is -0.454. The third kappa shape index (κ3) is 2.63. The first kappa shape index (κ1) is 21.8. The lowest BCUT2D eigenvalue weighted by atomic mass is 9.61. The van der Waals surface area contributed by atoms with Crippen molar-refractivity contribution in [1.82, 2.24) is 0 Å². The van der Waals surface area contributed by atoms with Crippen LogP contribution in [0.15, 0.2) is 89.1 Å². The number of rotatable bonds is 1. The van der Waals surface area contributed by atoms with Gasteiger partial charge in [0.05, 0.1) is 16.6 Å². The molecule has 7 rings (SSSR count). The quantitative estimate of drug-likeness (QED) is 0.392. The lowest BCUT2D eigenvalue weighted by molar-refractivity contribution is 0.00578. The van der Waals surface area contributed by atoms with E-state index in [4.69, 9.17) is 9.31 Å². The molecule has 4 aliphatic carbocycles. The summed E-state index contributed by atoms with van der Waals surface area (Å²) >= 11 is 0. The first-order chi connectivity index (χ1) is 17.4. The minimum Gasteiger partial charge on any atom is -0.399 e. The van der Waals surface area contributed by atoms with Crippen molar-refractivity contribution in [3.05, 3.63) is 100 Å². The van der Waals surface area contributed by atoms with Crippen molar-refractivity contribution in [3.63, 3.8) is 0 Å². The minimum absolute atomic E-state index is 0.420. The molecule has 2 nitrogen and oxygen atoms in total. The molecule has 5 aliphatic rings. The van der Waals surface area contributed by atoms with E-state index >= 15 is 0 Å². The highest BCUT2D eigenvalue weighted by molar-refractivity contribution is 6.63. The molecule has 1 heterocycles. The van der Waals surface area contributed by atoms with Crippen molar-refractivity contribution in [2.45, 2.75) is 57.2 Å². The average Bonchev–Trinajstić information content (AvgIpc) is 3.15. The van der Waals surface area contributed by atoms with Crippen molar-refractivity contribution in [2.24, 2.45) is 0 Å². The molecule has 1 aliphatic heterocycles. The van der Waals surface area contributed by atoms with Gasteiger partial charge in [-0.2, -0.15) is 0 Å². The van der Waals surface area contributed by atoms with Gasteiger partial charge in [-0.15, -0.1) is 0 Å². The molecule has 174 valence electrons. The monoisotopic (exact) mass is 466 g/mol. The summed E-state index contributed by atoms with van der Waals surface area (Å²) in [6, 6.07) is 15.5. The fraction of sp³-hybridized carbons (Fsp3) is 0.273. The Morgan fingerprint density at radius 2 is 1.31 bits per heavy atom. The highest BCUT2D eigenvalue weighted by Crippen LogP contribution is 2.63. The van der Waals surface area contributed by atoms with Crippen LogP contribution in [0.25, 0.3) is 11.1 Å². The maximum atomic E-state index is 6.66. The molecule has 0 atom stereocenters. The number of benzene rings is 2. The van der Waals surface area contributed by atoms with Crippen molar-refractivity contribution >= 4 is 12.6 Å². The van der Waals surface area contributed by atoms with Gasteiger partial charge in [0, 0.05) is 12.8 Å². The van der Waals surface area contributed by atoms with Crippen LogP contribution in [0.4, 0.5) is 0 Å². The molecule has 1 saturated heterocycles. The Balaban J connectivity index is 1.59. The smallest absolute Gasteiger partial charge is 0.399 e. The van der Waals surface area contributed by atoms with E-state index in [-0.39, 0.29) is 0 Å². The molecule has 0 amide bonds. The molecular formula is C33H27BO2. The Morgan fingerprint density at radius 3 is 1.94 bits per heavy atom. The first-order valence-electron chi connectivity index (χ1n) is 12.7. The van der Waals surface area contributed by atoms with Crippen LogP contribution in [0, 0.1) is 23.7 Å². The zero-order valence-electron chi connectivity index (χ0n) is 21.2. The zero-order valence-corrected chi connectivity index (χ0v) is 21.2. The third-order valence-corrected chi connectivity index (χ3v) is 8.85. The van der Waals surface area contributed by atoms with Crippen LogP contribution < -0.4 is 5.46 Å². The van der Waals surface area contributed by atoms with E-state index in [1.54, 1.807) is 0 Å². The Morgan fingerprint density at radius 1 is 0.722 bits per heavy atom. The number of hydrogen-bond acceptors (Lipinski definition) is 2. The number of hydrogen-bond donors (Lipinski definition) is 0. The van der Waals surface area contributed by atoms with Gasteiger partial charge in [0.25, 0.3) is 0 Å². The summed E-state index contributed by atoms with van der Waals surface area (Å²) in [5, 5.41) is 0. The molecule has 0 bridgehead atoms. The maximum Gasteiger partial charge on any atom is 0.495 e. The van der Waals surface area contributed by atoms with Gasteiger partial charge in [0.15, 0.2) is 0 Å². The Labute approximate surface area is 213 Å². The predicted octanol–water partition coefficient (Wildman–Crippen LogP) is 5.79. The second kappa shape index (κ2) is 7.27. The fourth-order valence-corrected chi connectivity index (χ4v) is 6.58. The van der Waals surface area contributed by atoms with E-state index in [1.807, 2.05) is 12.2 Å².